The lowest BCUT2D eigenvalue weighted by molar-refractivity contribution is 0.0689. The van der Waals surface area contributed by atoms with Crippen molar-refractivity contribution in [2.75, 3.05) is 19.7 Å². The second-order valence-corrected chi connectivity index (χ2v) is 5.66. The number of carbonyl (C=O) groups is 1. The summed E-state index contributed by atoms with van der Waals surface area (Å²) in [4.78, 5) is 13.5. The van der Waals surface area contributed by atoms with E-state index in [0.717, 1.165) is 19.0 Å². The zero-order valence-electron chi connectivity index (χ0n) is 12.2. The quantitative estimate of drug-likeness (QED) is 0.899. The van der Waals surface area contributed by atoms with Crippen molar-refractivity contribution >= 4 is 5.97 Å². The Hall–Kier alpha value is -1.55. The first-order valence-corrected chi connectivity index (χ1v) is 7.27. The molecule has 1 heterocycles. The molecule has 2 rings (SSSR count). The maximum atomic E-state index is 11.1. The number of rotatable bonds is 5. The summed E-state index contributed by atoms with van der Waals surface area (Å²) in [7, 11) is 0. The molecule has 110 valence electrons. The maximum Gasteiger partial charge on any atom is 0.339 e. The highest BCUT2D eigenvalue weighted by Crippen LogP contribution is 2.22. The topological polar surface area (TPSA) is 49.8 Å². The molecule has 1 saturated heterocycles. The zero-order chi connectivity index (χ0) is 14.5. The lowest BCUT2D eigenvalue weighted by Crippen LogP contribution is -2.42. The summed E-state index contributed by atoms with van der Waals surface area (Å²) in [5.74, 6) is 0.314. The van der Waals surface area contributed by atoms with Crippen molar-refractivity contribution in [3.05, 3.63) is 29.8 Å². The van der Waals surface area contributed by atoms with Crippen LogP contribution in [0, 0.1) is 5.92 Å². The molecular weight excluding hydrogens is 254 g/mol. The van der Waals surface area contributed by atoms with Crippen LogP contribution in [0.4, 0.5) is 0 Å². The van der Waals surface area contributed by atoms with Gasteiger partial charge in [0.15, 0.2) is 0 Å². The summed E-state index contributed by atoms with van der Waals surface area (Å²) in [5.41, 5.74) is 0.229. The van der Waals surface area contributed by atoms with Crippen LogP contribution in [0.5, 0.6) is 5.75 Å². The van der Waals surface area contributed by atoms with Gasteiger partial charge in [0.2, 0.25) is 0 Å². The molecule has 0 aliphatic carbocycles. The third kappa shape index (κ3) is 3.73. The average Bonchev–Trinajstić information content (AvgIpc) is 2.41. The molecule has 1 N–H and O–H groups in total. The number of likely N-dealkylation sites (tertiary alicyclic amines) is 1. The Bertz CT molecular complexity index is 461. The Balaban J connectivity index is 1.86. The van der Waals surface area contributed by atoms with E-state index in [1.54, 1.807) is 24.3 Å². The Labute approximate surface area is 120 Å². The summed E-state index contributed by atoms with van der Waals surface area (Å²) in [6.45, 7) is 7.03. The molecule has 1 aromatic rings. The fraction of sp³-hybridized carbons (Fsp3) is 0.562. The lowest BCUT2D eigenvalue weighted by Gasteiger charge is -2.36. The third-order valence-corrected chi connectivity index (χ3v) is 4.03. The summed E-state index contributed by atoms with van der Waals surface area (Å²) >= 11 is 0. The van der Waals surface area contributed by atoms with Gasteiger partial charge in [-0.3, -0.25) is 4.90 Å². The van der Waals surface area contributed by atoms with Crippen LogP contribution in [-0.4, -0.2) is 41.7 Å². The van der Waals surface area contributed by atoms with Gasteiger partial charge in [-0.05, 0) is 44.4 Å². The molecule has 0 bridgehead atoms. The first-order chi connectivity index (χ1) is 9.58. The third-order valence-electron chi connectivity index (χ3n) is 4.03. The molecule has 4 heteroatoms. The van der Waals surface area contributed by atoms with E-state index in [2.05, 4.69) is 18.7 Å². The van der Waals surface area contributed by atoms with Crippen molar-refractivity contribution < 1.29 is 14.6 Å². The number of piperidine rings is 1. The minimum absolute atomic E-state index is 0.229. The van der Waals surface area contributed by atoms with Gasteiger partial charge in [0.05, 0.1) is 0 Å². The summed E-state index contributed by atoms with van der Waals surface area (Å²) in [6.07, 6.45) is 2.46. The first-order valence-electron chi connectivity index (χ1n) is 7.27. The standard InChI is InChI=1S/C16H23NO3/c1-12-7-8-17(13(2)11-12)9-10-20-15-6-4-3-5-14(15)16(18)19/h3-6,12-13H,7-11H2,1-2H3,(H,18,19). The van der Waals surface area contributed by atoms with Crippen molar-refractivity contribution in [2.24, 2.45) is 5.92 Å². The summed E-state index contributed by atoms with van der Waals surface area (Å²) in [6, 6.07) is 7.38. The fourth-order valence-electron chi connectivity index (χ4n) is 2.83. The van der Waals surface area contributed by atoms with Crippen LogP contribution in [0.1, 0.15) is 37.0 Å². The van der Waals surface area contributed by atoms with Crippen LogP contribution >= 0.6 is 0 Å². The van der Waals surface area contributed by atoms with E-state index in [0.29, 0.717) is 18.4 Å². The van der Waals surface area contributed by atoms with Gasteiger partial charge in [-0.25, -0.2) is 4.79 Å². The van der Waals surface area contributed by atoms with Gasteiger partial charge in [-0.15, -0.1) is 0 Å². The van der Waals surface area contributed by atoms with E-state index in [4.69, 9.17) is 9.84 Å². The SMILES string of the molecule is CC1CCN(CCOc2ccccc2C(=O)O)C(C)C1. The highest BCUT2D eigenvalue weighted by molar-refractivity contribution is 5.90. The number of ether oxygens (including phenoxy) is 1. The molecule has 0 amide bonds. The molecule has 0 aromatic heterocycles. The molecular formula is C16H23NO3. The second kappa shape index (κ2) is 6.75. The number of aromatic carboxylic acids is 1. The Kier molecular flexibility index (Phi) is 5.01. The maximum absolute atomic E-state index is 11.1. The van der Waals surface area contributed by atoms with Gasteiger partial charge < -0.3 is 9.84 Å². The molecule has 1 aliphatic rings. The zero-order valence-corrected chi connectivity index (χ0v) is 12.2. The number of hydrogen-bond donors (Lipinski definition) is 1. The van der Waals surface area contributed by atoms with Gasteiger partial charge in [0, 0.05) is 12.6 Å². The summed E-state index contributed by atoms with van der Waals surface area (Å²) in [5, 5.41) is 9.09. The predicted octanol–water partition coefficient (Wildman–Crippen LogP) is 2.88. The van der Waals surface area contributed by atoms with E-state index in [-0.39, 0.29) is 5.56 Å². The van der Waals surface area contributed by atoms with Crippen LogP contribution in [0.2, 0.25) is 0 Å². The molecule has 0 saturated carbocycles. The monoisotopic (exact) mass is 277 g/mol. The molecule has 2 atom stereocenters. The van der Waals surface area contributed by atoms with Crippen LogP contribution < -0.4 is 4.74 Å². The van der Waals surface area contributed by atoms with Gasteiger partial charge in [-0.1, -0.05) is 19.1 Å². The van der Waals surface area contributed by atoms with Crippen molar-refractivity contribution in [1.82, 2.24) is 4.90 Å². The van der Waals surface area contributed by atoms with Crippen LogP contribution in [-0.2, 0) is 0 Å². The largest absolute Gasteiger partial charge is 0.491 e. The molecule has 20 heavy (non-hydrogen) atoms. The van der Waals surface area contributed by atoms with Gasteiger partial charge in [0.25, 0.3) is 0 Å². The van der Waals surface area contributed by atoms with Gasteiger partial charge >= 0.3 is 5.97 Å². The minimum Gasteiger partial charge on any atom is -0.491 e. The number of hydrogen-bond acceptors (Lipinski definition) is 3. The first kappa shape index (κ1) is 14.9. The average molecular weight is 277 g/mol. The number of carboxylic acid groups (broad SMARTS) is 1. The van der Waals surface area contributed by atoms with Crippen LogP contribution in [0.25, 0.3) is 0 Å². The highest BCUT2D eigenvalue weighted by Gasteiger charge is 2.22. The molecule has 2 unspecified atom stereocenters. The number of carboxylic acids is 1. The Morgan fingerprint density at radius 3 is 2.85 bits per heavy atom. The van der Waals surface area contributed by atoms with Crippen LogP contribution in [0.15, 0.2) is 24.3 Å². The van der Waals surface area contributed by atoms with E-state index < -0.39 is 5.97 Å². The minimum atomic E-state index is -0.944. The molecule has 0 spiro atoms. The number of para-hydroxylation sites is 1. The van der Waals surface area contributed by atoms with Gasteiger partial charge in [0.1, 0.15) is 17.9 Å². The normalized spacial score (nSPS) is 23.5. The van der Waals surface area contributed by atoms with E-state index in [1.807, 2.05) is 0 Å². The van der Waals surface area contributed by atoms with E-state index >= 15 is 0 Å². The molecule has 4 nitrogen and oxygen atoms in total. The second-order valence-electron chi connectivity index (χ2n) is 5.66. The smallest absolute Gasteiger partial charge is 0.339 e. The molecule has 0 radical (unpaired) electrons. The predicted molar refractivity (Wildman–Crippen MR) is 78.3 cm³/mol. The van der Waals surface area contributed by atoms with Gasteiger partial charge in [-0.2, -0.15) is 0 Å². The van der Waals surface area contributed by atoms with E-state index in [9.17, 15) is 4.79 Å². The Morgan fingerprint density at radius 1 is 1.40 bits per heavy atom. The fourth-order valence-corrected chi connectivity index (χ4v) is 2.83. The van der Waals surface area contributed by atoms with E-state index in [1.165, 1.54) is 12.8 Å². The molecule has 1 aromatic carbocycles. The number of benzene rings is 1. The molecule has 1 fully saturated rings. The van der Waals surface area contributed by atoms with Crippen LogP contribution in [0.3, 0.4) is 0 Å². The van der Waals surface area contributed by atoms with Crippen molar-refractivity contribution in [1.29, 1.82) is 0 Å². The number of nitrogens with zero attached hydrogens (tertiary/aromatic N) is 1. The highest BCUT2D eigenvalue weighted by atomic mass is 16.5. The summed E-state index contributed by atoms with van der Waals surface area (Å²) < 4.78 is 5.65. The molecule has 1 aliphatic heterocycles. The van der Waals surface area contributed by atoms with Crippen molar-refractivity contribution in [3.8, 4) is 5.75 Å². The van der Waals surface area contributed by atoms with Crippen molar-refractivity contribution in [2.45, 2.75) is 32.7 Å². The Morgan fingerprint density at radius 2 is 2.15 bits per heavy atom. The lowest BCUT2D eigenvalue weighted by atomic mass is 9.93. The van der Waals surface area contributed by atoms with Crippen molar-refractivity contribution in [3.63, 3.8) is 0 Å².